The molecular formula is C14H14O2. The molecule has 0 fully saturated rings. The molecule has 2 aromatic rings. The Balaban J connectivity index is 2.14. The Hall–Kier alpha value is -1.96. The summed E-state index contributed by atoms with van der Waals surface area (Å²) >= 11 is 0. The molecule has 0 aliphatic rings. The molecule has 1 atom stereocenters. The van der Waals surface area contributed by atoms with Crippen LogP contribution in [0.4, 0.5) is 0 Å². The normalized spacial score (nSPS) is 12.1. The minimum absolute atomic E-state index is 0.0745. The van der Waals surface area contributed by atoms with Gasteiger partial charge in [-0.15, -0.1) is 0 Å². The lowest BCUT2D eigenvalue weighted by Gasteiger charge is -2.15. The number of hydrogen-bond acceptors (Lipinski definition) is 2. The van der Waals surface area contributed by atoms with Crippen LogP contribution >= 0.6 is 0 Å². The molecule has 2 rings (SSSR count). The first-order valence-corrected chi connectivity index (χ1v) is 5.27. The van der Waals surface area contributed by atoms with Gasteiger partial charge in [0, 0.05) is 0 Å². The molecule has 0 radical (unpaired) electrons. The standard InChI is InChI=1S/C14H14O2/c1-11(12-7-3-2-4-8-12)16-14-10-6-5-9-13(14)15/h2-11,15H,1H3. The Bertz CT molecular complexity index is 451. The van der Waals surface area contributed by atoms with Crippen LogP contribution in [0.5, 0.6) is 11.5 Å². The van der Waals surface area contributed by atoms with Crippen LogP contribution in [-0.4, -0.2) is 5.11 Å². The van der Waals surface area contributed by atoms with Crippen molar-refractivity contribution in [3.63, 3.8) is 0 Å². The van der Waals surface area contributed by atoms with Crippen LogP contribution in [0.15, 0.2) is 54.6 Å². The molecule has 0 spiro atoms. The van der Waals surface area contributed by atoms with E-state index in [9.17, 15) is 5.11 Å². The fraction of sp³-hybridized carbons (Fsp3) is 0.143. The molecule has 82 valence electrons. The van der Waals surface area contributed by atoms with Crippen molar-refractivity contribution in [2.24, 2.45) is 0 Å². The number of aromatic hydroxyl groups is 1. The summed E-state index contributed by atoms with van der Waals surface area (Å²) in [5, 5.41) is 9.58. The topological polar surface area (TPSA) is 29.5 Å². The highest BCUT2D eigenvalue weighted by Crippen LogP contribution is 2.29. The second-order valence-electron chi connectivity index (χ2n) is 3.64. The number of para-hydroxylation sites is 2. The zero-order chi connectivity index (χ0) is 11.4. The summed E-state index contributed by atoms with van der Waals surface area (Å²) in [6, 6.07) is 16.9. The Morgan fingerprint density at radius 1 is 0.938 bits per heavy atom. The summed E-state index contributed by atoms with van der Waals surface area (Å²) in [5.74, 6) is 0.684. The zero-order valence-corrected chi connectivity index (χ0v) is 9.13. The number of benzene rings is 2. The number of hydrogen-bond donors (Lipinski definition) is 1. The van der Waals surface area contributed by atoms with Crippen LogP contribution in [0.2, 0.25) is 0 Å². The van der Waals surface area contributed by atoms with Gasteiger partial charge in [-0.3, -0.25) is 0 Å². The van der Waals surface area contributed by atoms with Gasteiger partial charge in [0.05, 0.1) is 0 Å². The molecule has 0 saturated carbocycles. The van der Waals surface area contributed by atoms with Crippen LogP contribution in [0.25, 0.3) is 0 Å². The van der Waals surface area contributed by atoms with E-state index in [1.54, 1.807) is 18.2 Å². The molecule has 0 aliphatic heterocycles. The number of ether oxygens (including phenoxy) is 1. The summed E-state index contributed by atoms with van der Waals surface area (Å²) in [7, 11) is 0. The predicted molar refractivity (Wildman–Crippen MR) is 63.6 cm³/mol. The lowest BCUT2D eigenvalue weighted by Crippen LogP contribution is -2.02. The fourth-order valence-corrected chi connectivity index (χ4v) is 1.54. The van der Waals surface area contributed by atoms with E-state index in [4.69, 9.17) is 4.74 Å². The third kappa shape index (κ3) is 2.34. The van der Waals surface area contributed by atoms with Crippen molar-refractivity contribution < 1.29 is 9.84 Å². The first-order chi connectivity index (χ1) is 7.77. The first-order valence-electron chi connectivity index (χ1n) is 5.27. The molecule has 1 N–H and O–H groups in total. The van der Waals surface area contributed by atoms with Gasteiger partial charge in [-0.1, -0.05) is 42.5 Å². The molecular weight excluding hydrogens is 200 g/mol. The summed E-state index contributed by atoms with van der Waals surface area (Å²) < 4.78 is 5.68. The highest BCUT2D eigenvalue weighted by Gasteiger charge is 2.08. The third-order valence-corrected chi connectivity index (χ3v) is 2.44. The van der Waals surface area contributed by atoms with Crippen molar-refractivity contribution in [3.8, 4) is 11.5 Å². The Kier molecular flexibility index (Phi) is 3.10. The fourth-order valence-electron chi connectivity index (χ4n) is 1.54. The molecule has 2 aromatic carbocycles. The second kappa shape index (κ2) is 4.71. The van der Waals surface area contributed by atoms with Gasteiger partial charge in [0.1, 0.15) is 6.10 Å². The van der Waals surface area contributed by atoms with Crippen LogP contribution < -0.4 is 4.74 Å². The molecule has 0 aliphatic carbocycles. The lowest BCUT2D eigenvalue weighted by molar-refractivity contribution is 0.217. The molecule has 0 heterocycles. The van der Waals surface area contributed by atoms with Crippen LogP contribution in [0.1, 0.15) is 18.6 Å². The van der Waals surface area contributed by atoms with Gasteiger partial charge >= 0.3 is 0 Å². The van der Waals surface area contributed by atoms with Crippen molar-refractivity contribution in [1.82, 2.24) is 0 Å². The van der Waals surface area contributed by atoms with Gasteiger partial charge in [-0.2, -0.15) is 0 Å². The lowest BCUT2D eigenvalue weighted by atomic mass is 10.1. The van der Waals surface area contributed by atoms with E-state index >= 15 is 0 Å². The van der Waals surface area contributed by atoms with E-state index in [-0.39, 0.29) is 11.9 Å². The van der Waals surface area contributed by atoms with Gasteiger partial charge in [0.2, 0.25) is 0 Å². The minimum Gasteiger partial charge on any atom is -0.504 e. The molecule has 0 aromatic heterocycles. The molecule has 0 saturated heterocycles. The number of phenols is 1. The predicted octanol–water partition coefficient (Wildman–Crippen LogP) is 3.53. The summed E-state index contributed by atoms with van der Waals surface area (Å²) in [6.45, 7) is 1.96. The van der Waals surface area contributed by atoms with Crippen LogP contribution in [-0.2, 0) is 0 Å². The Morgan fingerprint density at radius 3 is 2.25 bits per heavy atom. The maximum Gasteiger partial charge on any atom is 0.161 e. The van der Waals surface area contributed by atoms with E-state index in [1.807, 2.05) is 43.3 Å². The molecule has 16 heavy (non-hydrogen) atoms. The van der Waals surface area contributed by atoms with E-state index in [0.29, 0.717) is 5.75 Å². The molecule has 1 unspecified atom stereocenters. The van der Waals surface area contributed by atoms with Gasteiger partial charge in [0.25, 0.3) is 0 Å². The van der Waals surface area contributed by atoms with Gasteiger partial charge in [-0.05, 0) is 24.6 Å². The van der Waals surface area contributed by atoms with Crippen molar-refractivity contribution in [2.75, 3.05) is 0 Å². The Morgan fingerprint density at radius 2 is 1.56 bits per heavy atom. The SMILES string of the molecule is CC(Oc1ccccc1O)c1ccccc1. The first kappa shape index (κ1) is 10.6. The van der Waals surface area contributed by atoms with Gasteiger partial charge in [0.15, 0.2) is 11.5 Å². The third-order valence-electron chi connectivity index (χ3n) is 2.44. The summed E-state index contributed by atoms with van der Waals surface area (Å²) in [5.41, 5.74) is 1.09. The van der Waals surface area contributed by atoms with E-state index in [1.165, 1.54) is 0 Å². The van der Waals surface area contributed by atoms with E-state index in [0.717, 1.165) is 5.56 Å². The van der Waals surface area contributed by atoms with Gasteiger partial charge < -0.3 is 9.84 Å². The van der Waals surface area contributed by atoms with E-state index in [2.05, 4.69) is 0 Å². The smallest absolute Gasteiger partial charge is 0.161 e. The number of rotatable bonds is 3. The quantitative estimate of drug-likeness (QED) is 0.846. The highest BCUT2D eigenvalue weighted by atomic mass is 16.5. The monoisotopic (exact) mass is 214 g/mol. The highest BCUT2D eigenvalue weighted by molar-refractivity contribution is 5.38. The largest absolute Gasteiger partial charge is 0.504 e. The average Bonchev–Trinajstić information content (AvgIpc) is 2.33. The molecule has 0 bridgehead atoms. The van der Waals surface area contributed by atoms with Crippen LogP contribution in [0, 0.1) is 0 Å². The van der Waals surface area contributed by atoms with Crippen molar-refractivity contribution in [3.05, 3.63) is 60.2 Å². The second-order valence-corrected chi connectivity index (χ2v) is 3.64. The van der Waals surface area contributed by atoms with Crippen molar-refractivity contribution in [2.45, 2.75) is 13.0 Å². The molecule has 2 heteroatoms. The van der Waals surface area contributed by atoms with Crippen molar-refractivity contribution in [1.29, 1.82) is 0 Å². The Labute approximate surface area is 95.1 Å². The molecule has 2 nitrogen and oxygen atoms in total. The minimum atomic E-state index is -0.0745. The molecule has 0 amide bonds. The summed E-state index contributed by atoms with van der Waals surface area (Å²) in [6.07, 6.45) is -0.0745. The zero-order valence-electron chi connectivity index (χ0n) is 9.13. The average molecular weight is 214 g/mol. The van der Waals surface area contributed by atoms with Crippen molar-refractivity contribution >= 4 is 0 Å². The number of phenolic OH excluding ortho intramolecular Hbond substituents is 1. The summed E-state index contributed by atoms with van der Waals surface area (Å²) in [4.78, 5) is 0. The maximum atomic E-state index is 9.58. The maximum absolute atomic E-state index is 9.58. The van der Waals surface area contributed by atoms with E-state index < -0.39 is 0 Å². The van der Waals surface area contributed by atoms with Gasteiger partial charge in [-0.25, -0.2) is 0 Å². The van der Waals surface area contributed by atoms with Crippen LogP contribution in [0.3, 0.4) is 0 Å².